The Balaban J connectivity index is 2.76. The summed E-state index contributed by atoms with van der Waals surface area (Å²) in [5.41, 5.74) is 1.14. The second-order valence-electron chi connectivity index (χ2n) is 2.24. The molecule has 0 aromatic rings. The molecule has 10 heavy (non-hydrogen) atoms. The molecule has 0 aliphatic heterocycles. The van der Waals surface area contributed by atoms with Crippen LogP contribution in [0.15, 0.2) is 23.8 Å². The number of hydrogen-bond donors (Lipinski definition) is 0. The molecule has 0 aromatic carbocycles. The van der Waals surface area contributed by atoms with Gasteiger partial charge in [-0.3, -0.25) is 4.79 Å². The van der Waals surface area contributed by atoms with E-state index in [2.05, 4.69) is 29.5 Å². The van der Waals surface area contributed by atoms with Gasteiger partial charge in [0.15, 0.2) is 5.78 Å². The third-order valence-corrected chi connectivity index (χ3v) is 2.52. The molecular weight excluding hydrogens is 239 g/mol. The molecule has 0 saturated carbocycles. The van der Waals surface area contributed by atoms with Gasteiger partial charge in [-0.15, -0.1) is 0 Å². The van der Waals surface area contributed by atoms with Gasteiger partial charge in [-0.1, -0.05) is 41.7 Å². The highest BCUT2D eigenvalue weighted by Crippen LogP contribution is 2.15. The Bertz CT molecular complexity index is 203. The van der Waals surface area contributed by atoms with Crippen molar-refractivity contribution in [2.45, 2.75) is 17.3 Å². The Morgan fingerprint density at radius 1 is 1.70 bits per heavy atom. The van der Waals surface area contributed by atoms with E-state index in [-0.39, 0.29) is 9.71 Å². The van der Waals surface area contributed by atoms with Crippen molar-refractivity contribution in [3.63, 3.8) is 0 Å². The maximum atomic E-state index is 11.0. The van der Waals surface area contributed by atoms with Crippen LogP contribution in [0.3, 0.4) is 0 Å². The molecule has 54 valence electrons. The Kier molecular flexibility index (Phi) is 2.65. The summed E-state index contributed by atoms with van der Waals surface area (Å²) in [6.07, 6.45) is 6.66. The lowest BCUT2D eigenvalue weighted by molar-refractivity contribution is -0.113. The minimum Gasteiger partial charge on any atom is -0.293 e. The van der Waals surface area contributed by atoms with Crippen LogP contribution in [0.4, 0.5) is 0 Å². The van der Waals surface area contributed by atoms with Crippen molar-refractivity contribution in [3.05, 3.63) is 23.8 Å². The molecule has 0 N–H and O–H groups in total. The van der Waals surface area contributed by atoms with Gasteiger partial charge in [-0.25, -0.2) is 0 Å². The zero-order valence-corrected chi connectivity index (χ0v) is 7.96. The monoisotopic (exact) mass is 248 g/mol. The summed E-state index contributed by atoms with van der Waals surface area (Å²) in [5, 5.41) is 0. The van der Waals surface area contributed by atoms with Gasteiger partial charge in [0, 0.05) is 0 Å². The Morgan fingerprint density at radius 2 is 2.40 bits per heavy atom. The minimum atomic E-state index is 0.0629. The van der Waals surface area contributed by atoms with E-state index in [1.165, 1.54) is 0 Å². The molecule has 1 atom stereocenters. The molecular formula is C8H9IO. The Labute approximate surface area is 74.3 Å². The fourth-order valence-electron chi connectivity index (χ4n) is 0.833. The van der Waals surface area contributed by atoms with E-state index in [0.29, 0.717) is 0 Å². The van der Waals surface area contributed by atoms with Crippen LogP contribution < -0.4 is 0 Å². The molecule has 0 amide bonds. The second kappa shape index (κ2) is 3.32. The van der Waals surface area contributed by atoms with Gasteiger partial charge in [-0.05, 0) is 18.1 Å². The number of carbonyl (C=O) groups excluding carboxylic acids is 1. The first-order valence-electron chi connectivity index (χ1n) is 3.30. The van der Waals surface area contributed by atoms with E-state index in [1.54, 1.807) is 6.08 Å². The number of allylic oxidation sites excluding steroid dienone is 4. The molecule has 0 aromatic heterocycles. The highest BCUT2D eigenvalue weighted by atomic mass is 127. The van der Waals surface area contributed by atoms with E-state index in [4.69, 9.17) is 0 Å². The zero-order valence-electron chi connectivity index (χ0n) is 5.80. The van der Waals surface area contributed by atoms with E-state index in [9.17, 15) is 4.79 Å². The highest BCUT2D eigenvalue weighted by molar-refractivity contribution is 14.1. The molecule has 0 spiro atoms. The standard InChI is InChI=1S/C8H9IO/c1-2-6-3-4-7(9)8(10)5-6/h3-5,7H,2H2,1H3. The SMILES string of the molecule is CCC1=CC(=O)C(I)C=C1. The molecule has 0 fully saturated rings. The van der Waals surface area contributed by atoms with Gasteiger partial charge in [0.1, 0.15) is 0 Å². The first-order chi connectivity index (χ1) is 4.74. The van der Waals surface area contributed by atoms with Crippen molar-refractivity contribution in [1.82, 2.24) is 0 Å². The maximum Gasteiger partial charge on any atom is 0.172 e. The van der Waals surface area contributed by atoms with Crippen LogP contribution >= 0.6 is 22.6 Å². The summed E-state index contributed by atoms with van der Waals surface area (Å²) >= 11 is 2.13. The fraction of sp³-hybridized carbons (Fsp3) is 0.375. The Hall–Kier alpha value is -0.120. The van der Waals surface area contributed by atoms with Crippen molar-refractivity contribution >= 4 is 28.4 Å². The third kappa shape index (κ3) is 1.68. The average molecular weight is 248 g/mol. The Morgan fingerprint density at radius 3 is 2.90 bits per heavy atom. The van der Waals surface area contributed by atoms with Crippen molar-refractivity contribution < 1.29 is 4.79 Å². The minimum absolute atomic E-state index is 0.0629. The lowest BCUT2D eigenvalue weighted by Crippen LogP contribution is -2.11. The molecule has 1 rings (SSSR count). The second-order valence-corrected chi connectivity index (χ2v) is 3.58. The summed E-state index contributed by atoms with van der Waals surface area (Å²) in [5.74, 6) is 0.222. The van der Waals surface area contributed by atoms with Crippen LogP contribution in [-0.4, -0.2) is 9.71 Å². The van der Waals surface area contributed by atoms with Gasteiger partial charge in [0.05, 0.1) is 3.92 Å². The summed E-state index contributed by atoms with van der Waals surface area (Å²) in [6, 6.07) is 0. The number of ketones is 1. The van der Waals surface area contributed by atoms with E-state index >= 15 is 0 Å². The van der Waals surface area contributed by atoms with Crippen LogP contribution in [0.1, 0.15) is 13.3 Å². The van der Waals surface area contributed by atoms with Crippen molar-refractivity contribution in [1.29, 1.82) is 0 Å². The van der Waals surface area contributed by atoms with Crippen LogP contribution in [0, 0.1) is 0 Å². The maximum absolute atomic E-state index is 11.0. The van der Waals surface area contributed by atoms with E-state index < -0.39 is 0 Å². The summed E-state index contributed by atoms with van der Waals surface area (Å²) < 4.78 is 0.0629. The van der Waals surface area contributed by atoms with Crippen LogP contribution in [0.25, 0.3) is 0 Å². The van der Waals surface area contributed by atoms with Crippen LogP contribution in [0.5, 0.6) is 0 Å². The first kappa shape index (κ1) is 7.98. The highest BCUT2D eigenvalue weighted by Gasteiger charge is 2.12. The van der Waals surface area contributed by atoms with E-state index in [1.807, 2.05) is 12.2 Å². The topological polar surface area (TPSA) is 17.1 Å². The number of hydrogen-bond acceptors (Lipinski definition) is 1. The number of halogens is 1. The third-order valence-electron chi connectivity index (χ3n) is 1.49. The largest absolute Gasteiger partial charge is 0.293 e. The van der Waals surface area contributed by atoms with E-state index in [0.717, 1.165) is 12.0 Å². The fourth-order valence-corrected chi connectivity index (χ4v) is 1.22. The van der Waals surface area contributed by atoms with Gasteiger partial charge in [-0.2, -0.15) is 0 Å². The molecule has 0 radical (unpaired) electrons. The molecule has 0 bridgehead atoms. The molecule has 1 unspecified atom stereocenters. The molecule has 1 aliphatic carbocycles. The van der Waals surface area contributed by atoms with Gasteiger partial charge < -0.3 is 0 Å². The zero-order chi connectivity index (χ0) is 7.56. The molecule has 2 heteroatoms. The summed E-state index contributed by atoms with van der Waals surface area (Å²) in [6.45, 7) is 2.05. The van der Waals surface area contributed by atoms with Crippen molar-refractivity contribution in [2.24, 2.45) is 0 Å². The van der Waals surface area contributed by atoms with Crippen LogP contribution in [-0.2, 0) is 4.79 Å². The predicted molar refractivity (Wildman–Crippen MR) is 50.3 cm³/mol. The van der Waals surface area contributed by atoms with Crippen molar-refractivity contribution in [2.75, 3.05) is 0 Å². The van der Waals surface area contributed by atoms with Gasteiger partial charge in [0.25, 0.3) is 0 Å². The number of carbonyl (C=O) groups is 1. The van der Waals surface area contributed by atoms with Gasteiger partial charge in [0.2, 0.25) is 0 Å². The predicted octanol–water partition coefficient (Wildman–Crippen LogP) is 2.27. The lowest BCUT2D eigenvalue weighted by atomic mass is 10.0. The average Bonchev–Trinajstić information content (AvgIpc) is 1.95. The molecule has 1 aliphatic rings. The lowest BCUT2D eigenvalue weighted by Gasteiger charge is -2.06. The van der Waals surface area contributed by atoms with Crippen molar-refractivity contribution in [3.8, 4) is 0 Å². The molecule has 0 heterocycles. The summed E-state index contributed by atoms with van der Waals surface area (Å²) in [4.78, 5) is 11.0. The number of alkyl halides is 1. The first-order valence-corrected chi connectivity index (χ1v) is 4.55. The smallest absolute Gasteiger partial charge is 0.172 e. The summed E-state index contributed by atoms with van der Waals surface area (Å²) in [7, 11) is 0. The van der Waals surface area contributed by atoms with Crippen LogP contribution in [0.2, 0.25) is 0 Å². The molecule has 1 nitrogen and oxygen atoms in total. The van der Waals surface area contributed by atoms with Gasteiger partial charge >= 0.3 is 0 Å². The normalized spacial score (nSPS) is 24.8. The number of rotatable bonds is 1. The quantitative estimate of drug-likeness (QED) is 0.514. The molecule has 0 saturated heterocycles.